The van der Waals surface area contributed by atoms with Gasteiger partial charge in [0.05, 0.1) is 5.52 Å². The number of pyridine rings is 1. The summed E-state index contributed by atoms with van der Waals surface area (Å²) in [6, 6.07) is 22.6. The molecule has 0 bridgehead atoms. The highest BCUT2D eigenvalue weighted by molar-refractivity contribution is 6.06. The maximum Gasteiger partial charge on any atom is 0.256 e. The zero-order chi connectivity index (χ0) is 24.6. The average Bonchev–Trinajstić information content (AvgIpc) is 2.86. The molecule has 4 aromatic rings. The monoisotopic (exact) mass is 466 g/mol. The molecule has 0 saturated heterocycles. The molecule has 4 rings (SSSR count). The van der Waals surface area contributed by atoms with E-state index < -0.39 is 0 Å². The molecule has 0 saturated carbocycles. The van der Waals surface area contributed by atoms with Crippen molar-refractivity contribution in [3.05, 3.63) is 95.2 Å². The molecule has 178 valence electrons. The Bertz CT molecular complexity index is 1350. The quantitative estimate of drug-likeness (QED) is 0.228. The molecule has 1 amide bonds. The number of nitrogens with one attached hydrogen (secondary N) is 1. The summed E-state index contributed by atoms with van der Waals surface area (Å²) < 4.78 is 5.97. The third kappa shape index (κ3) is 6.23. The van der Waals surface area contributed by atoms with Crippen LogP contribution in [0.15, 0.2) is 77.8 Å². The Balaban J connectivity index is 1.43. The molecule has 6 nitrogen and oxygen atoms in total. The Morgan fingerprint density at radius 2 is 1.89 bits per heavy atom. The first-order valence-corrected chi connectivity index (χ1v) is 11.8. The Hall–Kier alpha value is -4.19. The number of ether oxygens (including phenoxy) is 1. The molecule has 3 N–H and O–H groups in total. The number of fused-ring (bicyclic) bond motifs is 1. The second-order valence-corrected chi connectivity index (χ2v) is 8.44. The fraction of sp³-hybridized carbons (Fsp3) is 0.207. The largest absolute Gasteiger partial charge is 0.489 e. The van der Waals surface area contributed by atoms with E-state index in [0.717, 1.165) is 52.9 Å². The minimum absolute atomic E-state index is 0.208. The van der Waals surface area contributed by atoms with Crippen LogP contribution < -0.4 is 15.8 Å². The van der Waals surface area contributed by atoms with Gasteiger partial charge in [0.1, 0.15) is 12.4 Å². The molecule has 35 heavy (non-hydrogen) atoms. The van der Waals surface area contributed by atoms with Crippen LogP contribution in [-0.2, 0) is 6.61 Å². The molecule has 0 atom stereocenters. The van der Waals surface area contributed by atoms with E-state index in [1.54, 1.807) is 6.07 Å². The summed E-state index contributed by atoms with van der Waals surface area (Å²) in [5.74, 6) is 0.527. The molecule has 1 heterocycles. The number of carbonyl (C=O) groups excluding carboxylic acids is 1. The smallest absolute Gasteiger partial charge is 0.256 e. The standard InChI is InChI=1S/C29H30N4O2/c1-3-4-15-31-18-21-9-12-24(13-10-21)35-19-22-7-5-6-8-25(22)29(34)33-23-11-14-28-26(17-23)27(30)16-20(2)32-28/h5-14,16-18H,3-4,15,19H2,1-2H3,(H2,30,32)(H,33,34). The number of unbranched alkanes of at least 4 members (excludes halogenated alkanes) is 1. The number of amides is 1. The van der Waals surface area contributed by atoms with Gasteiger partial charge in [-0.25, -0.2) is 0 Å². The summed E-state index contributed by atoms with van der Waals surface area (Å²) in [6.45, 7) is 5.18. The number of carbonyl (C=O) groups is 1. The number of nitrogens with two attached hydrogens (primary N) is 1. The second-order valence-electron chi connectivity index (χ2n) is 8.44. The van der Waals surface area contributed by atoms with Gasteiger partial charge in [-0.2, -0.15) is 0 Å². The Labute approximate surface area is 205 Å². The number of aromatic nitrogens is 1. The number of anilines is 2. The lowest BCUT2D eigenvalue weighted by atomic mass is 10.1. The Kier molecular flexibility index (Phi) is 7.73. The summed E-state index contributed by atoms with van der Waals surface area (Å²) in [7, 11) is 0. The highest BCUT2D eigenvalue weighted by Crippen LogP contribution is 2.25. The van der Waals surface area contributed by atoms with Crippen molar-refractivity contribution in [2.75, 3.05) is 17.6 Å². The summed E-state index contributed by atoms with van der Waals surface area (Å²) in [5.41, 5.74) is 11.5. The predicted octanol–water partition coefficient (Wildman–Crippen LogP) is 6.18. The predicted molar refractivity (Wildman–Crippen MR) is 143 cm³/mol. The van der Waals surface area contributed by atoms with E-state index in [0.29, 0.717) is 16.9 Å². The fourth-order valence-corrected chi connectivity index (χ4v) is 3.76. The summed E-state index contributed by atoms with van der Waals surface area (Å²) in [4.78, 5) is 22.0. The van der Waals surface area contributed by atoms with Gasteiger partial charge in [0.2, 0.25) is 0 Å². The van der Waals surface area contributed by atoms with Crippen LogP contribution in [0.25, 0.3) is 10.9 Å². The van der Waals surface area contributed by atoms with Crippen molar-refractivity contribution in [3.63, 3.8) is 0 Å². The van der Waals surface area contributed by atoms with Crippen molar-refractivity contribution in [2.45, 2.75) is 33.3 Å². The SMILES string of the molecule is CCCCN=Cc1ccc(OCc2ccccc2C(=O)Nc2ccc3nc(C)cc(N)c3c2)cc1. The van der Waals surface area contributed by atoms with E-state index in [1.165, 1.54) is 0 Å². The summed E-state index contributed by atoms with van der Waals surface area (Å²) in [5, 5.41) is 3.78. The highest BCUT2D eigenvalue weighted by Gasteiger charge is 2.13. The van der Waals surface area contributed by atoms with Gasteiger partial charge in [-0.05, 0) is 73.5 Å². The van der Waals surface area contributed by atoms with Crippen molar-refractivity contribution in [1.29, 1.82) is 0 Å². The number of aliphatic imine (C=N–C) groups is 1. The van der Waals surface area contributed by atoms with E-state index in [4.69, 9.17) is 10.5 Å². The fourth-order valence-electron chi connectivity index (χ4n) is 3.76. The van der Waals surface area contributed by atoms with Gasteiger partial charge in [-0.15, -0.1) is 0 Å². The van der Waals surface area contributed by atoms with Crippen molar-refractivity contribution < 1.29 is 9.53 Å². The van der Waals surface area contributed by atoms with Gasteiger partial charge in [-0.1, -0.05) is 31.5 Å². The van der Waals surface area contributed by atoms with Crippen LogP contribution in [0.3, 0.4) is 0 Å². The van der Waals surface area contributed by atoms with Crippen LogP contribution in [0.5, 0.6) is 5.75 Å². The molecule has 6 heteroatoms. The first kappa shape index (κ1) is 24.0. The lowest BCUT2D eigenvalue weighted by Gasteiger charge is -2.12. The van der Waals surface area contributed by atoms with E-state index in [2.05, 4.69) is 22.2 Å². The molecular weight excluding hydrogens is 436 g/mol. The molecule has 0 unspecified atom stereocenters. The lowest BCUT2D eigenvalue weighted by Crippen LogP contribution is -2.15. The van der Waals surface area contributed by atoms with Gasteiger partial charge in [-0.3, -0.25) is 14.8 Å². The minimum Gasteiger partial charge on any atom is -0.489 e. The second kappa shape index (κ2) is 11.3. The van der Waals surface area contributed by atoms with Crippen LogP contribution in [0.1, 0.15) is 46.9 Å². The van der Waals surface area contributed by atoms with E-state index in [9.17, 15) is 4.79 Å². The molecule has 0 fully saturated rings. The number of hydrogen-bond acceptors (Lipinski definition) is 5. The van der Waals surface area contributed by atoms with E-state index >= 15 is 0 Å². The normalized spacial score (nSPS) is 11.1. The minimum atomic E-state index is -0.208. The highest BCUT2D eigenvalue weighted by atomic mass is 16.5. The topological polar surface area (TPSA) is 89.6 Å². The van der Waals surface area contributed by atoms with Crippen molar-refractivity contribution in [2.24, 2.45) is 4.99 Å². The number of nitrogens with zero attached hydrogens (tertiary/aromatic N) is 2. The third-order valence-corrected chi connectivity index (χ3v) is 5.64. The Morgan fingerprint density at radius 1 is 1.09 bits per heavy atom. The average molecular weight is 467 g/mol. The van der Waals surface area contributed by atoms with E-state index in [1.807, 2.05) is 79.9 Å². The van der Waals surface area contributed by atoms with Crippen LogP contribution in [0.4, 0.5) is 11.4 Å². The molecule has 0 spiro atoms. The zero-order valence-electron chi connectivity index (χ0n) is 20.1. The van der Waals surface area contributed by atoms with Crippen LogP contribution in [0, 0.1) is 6.92 Å². The zero-order valence-corrected chi connectivity index (χ0v) is 20.1. The van der Waals surface area contributed by atoms with Crippen LogP contribution in [-0.4, -0.2) is 23.7 Å². The lowest BCUT2D eigenvalue weighted by molar-refractivity contribution is 0.102. The van der Waals surface area contributed by atoms with Gasteiger partial charge in [0.25, 0.3) is 5.91 Å². The van der Waals surface area contributed by atoms with Gasteiger partial charge in [0, 0.05) is 46.3 Å². The number of nitrogen functional groups attached to an aromatic ring is 1. The molecule has 0 aliphatic carbocycles. The molecule has 0 radical (unpaired) electrons. The maximum absolute atomic E-state index is 13.1. The summed E-state index contributed by atoms with van der Waals surface area (Å²) >= 11 is 0. The maximum atomic E-state index is 13.1. The molecule has 3 aromatic carbocycles. The summed E-state index contributed by atoms with van der Waals surface area (Å²) in [6.07, 6.45) is 4.12. The van der Waals surface area contributed by atoms with Crippen molar-refractivity contribution in [1.82, 2.24) is 4.98 Å². The van der Waals surface area contributed by atoms with Gasteiger partial charge in [0.15, 0.2) is 0 Å². The number of rotatable bonds is 9. The molecule has 0 aliphatic heterocycles. The van der Waals surface area contributed by atoms with Gasteiger partial charge < -0.3 is 15.8 Å². The first-order chi connectivity index (χ1) is 17.0. The third-order valence-electron chi connectivity index (χ3n) is 5.64. The first-order valence-electron chi connectivity index (χ1n) is 11.8. The number of hydrogen-bond donors (Lipinski definition) is 2. The van der Waals surface area contributed by atoms with Gasteiger partial charge >= 0.3 is 0 Å². The molecule has 0 aliphatic rings. The van der Waals surface area contributed by atoms with E-state index in [-0.39, 0.29) is 12.5 Å². The van der Waals surface area contributed by atoms with Crippen LogP contribution in [0.2, 0.25) is 0 Å². The molecule has 1 aromatic heterocycles. The van der Waals surface area contributed by atoms with Crippen LogP contribution >= 0.6 is 0 Å². The molecular formula is C29H30N4O2. The number of aryl methyl sites for hydroxylation is 1. The van der Waals surface area contributed by atoms with Crippen molar-refractivity contribution >= 4 is 34.4 Å². The van der Waals surface area contributed by atoms with Crippen molar-refractivity contribution in [3.8, 4) is 5.75 Å². The number of benzene rings is 3. The Morgan fingerprint density at radius 3 is 2.69 bits per heavy atom.